The third-order valence-electron chi connectivity index (χ3n) is 4.23. The number of hydrogen-bond donors (Lipinski definition) is 1. The Morgan fingerprint density at radius 1 is 1.04 bits per heavy atom. The molecule has 3 nitrogen and oxygen atoms in total. The predicted octanol–water partition coefficient (Wildman–Crippen LogP) is 3.37. The molecule has 2 aromatic rings. The zero-order chi connectivity index (χ0) is 16.7. The van der Waals surface area contributed by atoms with Crippen LogP contribution in [0.2, 0.25) is 0 Å². The van der Waals surface area contributed by atoms with E-state index in [0.29, 0.717) is 12.8 Å². The number of carbonyl (C=O) groups is 1. The van der Waals surface area contributed by atoms with E-state index in [-0.39, 0.29) is 18.6 Å². The van der Waals surface area contributed by atoms with E-state index in [4.69, 9.17) is 0 Å². The van der Waals surface area contributed by atoms with Gasteiger partial charge in [0.25, 0.3) is 0 Å². The summed E-state index contributed by atoms with van der Waals surface area (Å²) < 4.78 is 0. The van der Waals surface area contributed by atoms with Gasteiger partial charge in [0, 0.05) is 13.7 Å². The molecule has 0 aromatic heterocycles. The highest BCUT2D eigenvalue weighted by molar-refractivity contribution is 5.79. The summed E-state index contributed by atoms with van der Waals surface area (Å²) in [5, 5.41) is 9.34. The Morgan fingerprint density at radius 3 is 2.22 bits per heavy atom. The Kier molecular flexibility index (Phi) is 6.36. The van der Waals surface area contributed by atoms with Crippen molar-refractivity contribution in [1.29, 1.82) is 0 Å². The lowest BCUT2D eigenvalue weighted by molar-refractivity contribution is -0.131. The molecule has 2 rings (SSSR count). The van der Waals surface area contributed by atoms with Crippen LogP contribution in [0.25, 0.3) is 0 Å². The number of aliphatic hydroxyl groups is 1. The quantitative estimate of drug-likeness (QED) is 0.851. The fraction of sp³-hybridized carbons (Fsp3) is 0.350. The van der Waals surface area contributed by atoms with E-state index < -0.39 is 0 Å². The highest BCUT2D eigenvalue weighted by Gasteiger charge is 2.21. The Bertz CT molecular complexity index is 607. The first-order valence-corrected chi connectivity index (χ1v) is 8.15. The first-order chi connectivity index (χ1) is 11.2. The van der Waals surface area contributed by atoms with Gasteiger partial charge in [-0.05, 0) is 29.5 Å². The van der Waals surface area contributed by atoms with Crippen LogP contribution in [0.3, 0.4) is 0 Å². The number of benzene rings is 2. The highest BCUT2D eigenvalue weighted by atomic mass is 16.3. The molecule has 1 atom stereocenters. The molecule has 1 N–H and O–H groups in total. The molecule has 23 heavy (non-hydrogen) atoms. The number of amides is 1. The average Bonchev–Trinajstić information content (AvgIpc) is 2.60. The lowest BCUT2D eigenvalue weighted by Crippen LogP contribution is -2.33. The maximum absolute atomic E-state index is 12.6. The van der Waals surface area contributed by atoms with Gasteiger partial charge in [-0.1, -0.05) is 61.5 Å². The molecule has 122 valence electrons. The molecular weight excluding hydrogens is 286 g/mol. The zero-order valence-electron chi connectivity index (χ0n) is 13.9. The van der Waals surface area contributed by atoms with Crippen molar-refractivity contribution in [3.8, 4) is 0 Å². The van der Waals surface area contributed by atoms with Gasteiger partial charge in [-0.15, -0.1) is 0 Å². The molecule has 1 amide bonds. The van der Waals surface area contributed by atoms with Crippen LogP contribution >= 0.6 is 0 Å². The minimum Gasteiger partial charge on any atom is -0.396 e. The van der Waals surface area contributed by atoms with Crippen LogP contribution in [-0.4, -0.2) is 29.6 Å². The van der Waals surface area contributed by atoms with Gasteiger partial charge >= 0.3 is 0 Å². The van der Waals surface area contributed by atoms with Crippen molar-refractivity contribution >= 4 is 5.91 Å². The van der Waals surface area contributed by atoms with Gasteiger partial charge in [0.2, 0.25) is 5.91 Å². The van der Waals surface area contributed by atoms with Crippen molar-refractivity contribution < 1.29 is 9.90 Å². The van der Waals surface area contributed by atoms with Crippen LogP contribution < -0.4 is 0 Å². The van der Waals surface area contributed by atoms with Crippen LogP contribution in [0.15, 0.2) is 54.6 Å². The molecule has 3 heteroatoms. The lowest BCUT2D eigenvalue weighted by atomic mass is 10.0. The average molecular weight is 311 g/mol. The molecule has 0 saturated heterocycles. The van der Waals surface area contributed by atoms with Crippen molar-refractivity contribution in [1.82, 2.24) is 4.90 Å². The van der Waals surface area contributed by atoms with E-state index in [1.54, 1.807) is 4.90 Å². The number of nitrogens with zero attached hydrogens (tertiary/aromatic N) is 1. The third-order valence-corrected chi connectivity index (χ3v) is 4.23. The van der Waals surface area contributed by atoms with Crippen molar-refractivity contribution in [2.45, 2.75) is 32.2 Å². The molecule has 0 aliphatic carbocycles. The van der Waals surface area contributed by atoms with Gasteiger partial charge in [-0.2, -0.15) is 0 Å². The second kappa shape index (κ2) is 8.49. The number of rotatable bonds is 7. The molecule has 0 fully saturated rings. The number of aryl methyl sites for hydroxylation is 1. The summed E-state index contributed by atoms with van der Waals surface area (Å²) in [4.78, 5) is 14.4. The van der Waals surface area contributed by atoms with Crippen LogP contribution in [-0.2, 0) is 17.6 Å². The Balaban J connectivity index is 2.09. The minimum atomic E-state index is -0.0939. The fourth-order valence-electron chi connectivity index (χ4n) is 2.75. The summed E-state index contributed by atoms with van der Waals surface area (Å²) in [6.45, 7) is 2.18. The van der Waals surface area contributed by atoms with E-state index >= 15 is 0 Å². The Morgan fingerprint density at radius 2 is 1.65 bits per heavy atom. The van der Waals surface area contributed by atoms with Gasteiger partial charge < -0.3 is 10.0 Å². The SMILES string of the molecule is CCc1ccc(CC(=O)N(C)C(CCO)c2ccccc2)cc1. The van der Waals surface area contributed by atoms with E-state index in [1.807, 2.05) is 49.5 Å². The van der Waals surface area contributed by atoms with Crippen LogP contribution in [0, 0.1) is 0 Å². The van der Waals surface area contributed by atoms with E-state index in [0.717, 1.165) is 17.5 Å². The molecule has 1 unspecified atom stereocenters. The number of likely N-dealkylation sites (N-methyl/N-ethyl adjacent to an activating group) is 1. The summed E-state index contributed by atoms with van der Waals surface area (Å²) in [5.41, 5.74) is 3.35. The lowest BCUT2D eigenvalue weighted by Gasteiger charge is -2.28. The predicted molar refractivity (Wildman–Crippen MR) is 93.2 cm³/mol. The normalized spacial score (nSPS) is 12.0. The van der Waals surface area contributed by atoms with Crippen molar-refractivity contribution in [3.05, 3.63) is 71.3 Å². The molecule has 0 aliphatic rings. The maximum atomic E-state index is 12.6. The second-order valence-electron chi connectivity index (χ2n) is 5.79. The zero-order valence-corrected chi connectivity index (χ0v) is 13.9. The highest BCUT2D eigenvalue weighted by Crippen LogP contribution is 2.23. The topological polar surface area (TPSA) is 40.5 Å². The summed E-state index contributed by atoms with van der Waals surface area (Å²) in [6, 6.07) is 18.0. The standard InChI is InChI=1S/C20H25NO2/c1-3-16-9-11-17(12-10-16)15-20(23)21(2)19(13-14-22)18-7-5-4-6-8-18/h4-12,19,22H,3,13-15H2,1-2H3. The Labute approximate surface area is 138 Å². The van der Waals surface area contributed by atoms with E-state index in [2.05, 4.69) is 19.1 Å². The Hall–Kier alpha value is -2.13. The first kappa shape index (κ1) is 17.2. The largest absolute Gasteiger partial charge is 0.396 e. The van der Waals surface area contributed by atoms with Crippen LogP contribution in [0.1, 0.15) is 36.1 Å². The fourth-order valence-corrected chi connectivity index (χ4v) is 2.75. The molecule has 0 bridgehead atoms. The van der Waals surface area contributed by atoms with Gasteiger partial charge in [0.15, 0.2) is 0 Å². The third kappa shape index (κ3) is 4.67. The molecule has 0 spiro atoms. The van der Waals surface area contributed by atoms with Gasteiger partial charge in [-0.25, -0.2) is 0 Å². The van der Waals surface area contributed by atoms with Gasteiger partial charge in [0.05, 0.1) is 12.5 Å². The van der Waals surface area contributed by atoms with E-state index in [9.17, 15) is 9.90 Å². The number of carbonyl (C=O) groups excluding carboxylic acids is 1. The molecular formula is C20H25NO2. The second-order valence-corrected chi connectivity index (χ2v) is 5.79. The summed E-state index contributed by atoms with van der Waals surface area (Å²) in [7, 11) is 1.82. The van der Waals surface area contributed by atoms with Crippen LogP contribution in [0.4, 0.5) is 0 Å². The molecule has 0 heterocycles. The summed E-state index contributed by atoms with van der Waals surface area (Å²) in [6.07, 6.45) is 1.93. The molecule has 2 aromatic carbocycles. The minimum absolute atomic E-state index is 0.0579. The van der Waals surface area contributed by atoms with Gasteiger partial charge in [-0.3, -0.25) is 4.79 Å². The number of hydrogen-bond acceptors (Lipinski definition) is 2. The maximum Gasteiger partial charge on any atom is 0.227 e. The van der Waals surface area contributed by atoms with Crippen molar-refractivity contribution in [2.75, 3.05) is 13.7 Å². The van der Waals surface area contributed by atoms with E-state index in [1.165, 1.54) is 5.56 Å². The molecule has 0 saturated carbocycles. The monoisotopic (exact) mass is 311 g/mol. The van der Waals surface area contributed by atoms with Crippen LogP contribution in [0.5, 0.6) is 0 Å². The summed E-state index contributed by atoms with van der Waals surface area (Å²) in [5.74, 6) is 0.0663. The molecule has 0 radical (unpaired) electrons. The van der Waals surface area contributed by atoms with Crippen molar-refractivity contribution in [2.24, 2.45) is 0 Å². The number of aliphatic hydroxyl groups excluding tert-OH is 1. The molecule has 0 aliphatic heterocycles. The smallest absolute Gasteiger partial charge is 0.227 e. The van der Waals surface area contributed by atoms with Gasteiger partial charge in [0.1, 0.15) is 0 Å². The summed E-state index contributed by atoms with van der Waals surface area (Å²) >= 11 is 0. The first-order valence-electron chi connectivity index (χ1n) is 8.15. The van der Waals surface area contributed by atoms with Crippen molar-refractivity contribution in [3.63, 3.8) is 0 Å².